The molecule has 0 bridgehead atoms. The van der Waals surface area contributed by atoms with Crippen molar-refractivity contribution in [3.05, 3.63) is 321 Å². The molecule has 89 heavy (non-hydrogen) atoms. The van der Waals surface area contributed by atoms with Gasteiger partial charge in [0.25, 0.3) is 0 Å². The Morgan fingerprint density at radius 2 is 0.618 bits per heavy atom. The molecule has 3 N–H and O–H groups in total. The van der Waals surface area contributed by atoms with Crippen LogP contribution in [0.5, 0.6) is 0 Å². The van der Waals surface area contributed by atoms with E-state index in [-0.39, 0.29) is 47.6 Å². The van der Waals surface area contributed by atoms with Gasteiger partial charge in [0.1, 0.15) is 0 Å². The van der Waals surface area contributed by atoms with E-state index >= 15 is 0 Å². The number of aliphatic hydroxyl groups excluding tert-OH is 2. The Morgan fingerprint density at radius 1 is 0.360 bits per heavy atom. The minimum Gasteiger partial charge on any atom is -0.400 e. The van der Waals surface area contributed by atoms with Crippen molar-refractivity contribution < 1.29 is 76.6 Å². The van der Waals surface area contributed by atoms with Crippen molar-refractivity contribution in [3.8, 4) is 78.5 Å². The van der Waals surface area contributed by atoms with Crippen molar-refractivity contribution in [2.75, 3.05) is 14.2 Å². The average molecular weight is 1570 g/mol. The number of pyridine rings is 5. The molecule has 0 saturated heterocycles. The van der Waals surface area contributed by atoms with Crippen molar-refractivity contribution in [3.63, 3.8) is 0 Å². The van der Waals surface area contributed by atoms with Crippen molar-refractivity contribution in [1.82, 2.24) is 24.9 Å². The number of benzene rings is 7. The van der Waals surface area contributed by atoms with Gasteiger partial charge in [-0.05, 0) is 83.1 Å². The monoisotopic (exact) mass is 1570 g/mol. The number of halogens is 3. The number of alkyl halides is 3. The molecule has 0 unspecified atom stereocenters. The van der Waals surface area contributed by atoms with E-state index in [9.17, 15) is 13.2 Å². The first kappa shape index (κ1) is 76.3. The summed E-state index contributed by atoms with van der Waals surface area (Å²) in [5.74, 6) is 0. The van der Waals surface area contributed by atoms with Crippen LogP contribution in [0, 0.1) is 38.1 Å². The van der Waals surface area contributed by atoms with E-state index in [1.165, 1.54) is 33.4 Å². The number of aromatic nitrogens is 5. The molecule has 5 heterocycles. The number of nitrogens with zero attached hydrogens (tertiary/aromatic N) is 5. The summed E-state index contributed by atoms with van der Waals surface area (Å²) in [7, 11) is -3.84. The van der Waals surface area contributed by atoms with Crippen molar-refractivity contribution >= 4 is 10.1 Å². The molecule has 5 aromatic heterocycles. The second-order valence-electron chi connectivity index (χ2n) is 17.5. The number of hydrogen-bond donors (Lipinski definition) is 3. The third-order valence-corrected chi connectivity index (χ3v) is 12.3. The van der Waals surface area contributed by atoms with Crippen LogP contribution in [-0.2, 0) is 50.3 Å². The Hall–Kier alpha value is -8.79. The van der Waals surface area contributed by atoms with Gasteiger partial charge in [-0.3, -0.25) is 9.54 Å². The molecule has 0 aliphatic heterocycles. The maximum Gasteiger partial charge on any atom is 0.522 e. The fourth-order valence-electron chi connectivity index (χ4n) is 7.64. The van der Waals surface area contributed by atoms with Crippen LogP contribution in [0.1, 0.15) is 18.6 Å². The molecular formula is C73H66F3Ir2N5O5S-4. The maximum atomic E-state index is 10.7. The van der Waals surface area contributed by atoms with Crippen LogP contribution in [0.3, 0.4) is 0 Å². The molecule has 16 heteroatoms. The molecule has 2 radical (unpaired) electrons. The Labute approximate surface area is 548 Å². The van der Waals surface area contributed by atoms with Crippen LogP contribution in [0.25, 0.3) is 78.5 Å². The SMILES string of the molecule is C.CO.CO.Cc1cc(-c2[c-]cccc2)ncc1-c1ccccc1.Cc1cc(-c2ccccc2)ncc1-c1ccccc1.O=S(=O)(O)C(F)(F)F.[Ir].[Ir].[c-]1ccccc1-c1ccccn1.[c-]1ccccc1-c1ccccn1.[c-]1ccccc1-c1ccccn1. The maximum absolute atomic E-state index is 10.7. The van der Waals surface area contributed by atoms with Gasteiger partial charge >= 0.3 is 15.6 Å². The van der Waals surface area contributed by atoms with E-state index in [2.05, 4.69) is 124 Å². The molecule has 0 amide bonds. The van der Waals surface area contributed by atoms with Gasteiger partial charge in [0.05, 0.1) is 5.69 Å². The van der Waals surface area contributed by atoms with E-state index in [1.807, 2.05) is 207 Å². The van der Waals surface area contributed by atoms with E-state index < -0.39 is 15.6 Å². The van der Waals surface area contributed by atoms with Crippen molar-refractivity contribution in [1.29, 1.82) is 0 Å². The summed E-state index contributed by atoms with van der Waals surface area (Å²) in [4.78, 5) is 21.8. The first-order chi connectivity index (χ1) is 41.8. The van der Waals surface area contributed by atoms with Gasteiger partial charge in [0.15, 0.2) is 0 Å². The van der Waals surface area contributed by atoms with Gasteiger partial charge in [0, 0.05) is 102 Å². The van der Waals surface area contributed by atoms with Crippen LogP contribution in [-0.4, -0.2) is 67.8 Å². The zero-order valence-electron chi connectivity index (χ0n) is 48.2. The number of rotatable bonds is 7. The molecule has 7 aromatic carbocycles. The third kappa shape index (κ3) is 26.2. The van der Waals surface area contributed by atoms with Gasteiger partial charge in [-0.15, -0.1) is 144 Å². The van der Waals surface area contributed by atoms with Crippen LogP contribution in [0.2, 0.25) is 0 Å². The Bertz CT molecular complexity index is 3460. The Balaban J connectivity index is 0.000000365. The predicted octanol–water partition coefficient (Wildman–Crippen LogP) is 17.1. The summed E-state index contributed by atoms with van der Waals surface area (Å²) < 4.78 is 57.5. The summed E-state index contributed by atoms with van der Waals surface area (Å²) in [6.07, 6.45) is 9.27. The quantitative estimate of drug-likeness (QED) is 0.0796. The van der Waals surface area contributed by atoms with E-state index in [0.29, 0.717) is 0 Å². The van der Waals surface area contributed by atoms with Crippen LogP contribution in [0.15, 0.2) is 286 Å². The van der Waals surface area contributed by atoms with Gasteiger partial charge in [0.2, 0.25) is 0 Å². The molecule has 0 fully saturated rings. The molecule has 10 nitrogen and oxygen atoms in total. The predicted molar refractivity (Wildman–Crippen MR) is 345 cm³/mol. The van der Waals surface area contributed by atoms with Gasteiger partial charge in [-0.2, -0.15) is 21.6 Å². The molecule has 0 saturated carbocycles. The standard InChI is InChI=1S/C18H15N.C18H14N.3C11H8N.CHF3O3S.2CH4O.CH4.2Ir/c2*1-14-12-18(16-10-6-3-7-11-16)19-13-17(14)15-8-4-2-5-9-15;3*1-2-6-10(7-3-1)11-8-4-5-9-12-11;2-1(3,4)8(5,6)7;2*1-2;;;/h2-13H,1H3;2-10,12-13H,1H3;3*1-6,8-9H;(H,5,6,7);2*2H,1H3;1H4;;/q;4*-1;;;;;;. The zero-order chi connectivity index (χ0) is 61.8. The molecule has 12 rings (SSSR count). The second-order valence-corrected chi connectivity index (χ2v) is 19.0. The first-order valence-corrected chi connectivity index (χ1v) is 27.9. The smallest absolute Gasteiger partial charge is 0.400 e. The fraction of sp³-hybridized carbons (Fsp3) is 0.0822. The van der Waals surface area contributed by atoms with Gasteiger partial charge < -0.3 is 30.1 Å². The second kappa shape index (κ2) is 42.2. The number of aliphatic hydroxyl groups is 2. The minimum atomic E-state index is -5.84. The molecule has 462 valence electrons. The molecule has 12 aromatic rings. The average Bonchev–Trinajstić information content (AvgIpc) is 3.78. The topological polar surface area (TPSA) is 159 Å². The summed E-state index contributed by atoms with van der Waals surface area (Å²) >= 11 is 0. The summed E-state index contributed by atoms with van der Waals surface area (Å²) in [5.41, 5.74) is 12.0. The van der Waals surface area contributed by atoms with Gasteiger partial charge in [-0.25, -0.2) is 0 Å². The summed E-state index contributed by atoms with van der Waals surface area (Å²) in [6.45, 7) is 4.26. The zero-order valence-corrected chi connectivity index (χ0v) is 53.8. The minimum absolute atomic E-state index is 0. The van der Waals surface area contributed by atoms with E-state index in [1.54, 1.807) is 18.6 Å². The third-order valence-electron chi connectivity index (χ3n) is 11.7. The van der Waals surface area contributed by atoms with E-state index in [0.717, 1.165) is 70.5 Å². The van der Waals surface area contributed by atoms with Gasteiger partial charge in [-0.1, -0.05) is 141 Å². The van der Waals surface area contributed by atoms with Crippen LogP contribution < -0.4 is 0 Å². The molecule has 0 aliphatic carbocycles. The largest absolute Gasteiger partial charge is 0.522 e. The normalized spacial score (nSPS) is 9.73. The van der Waals surface area contributed by atoms with Crippen molar-refractivity contribution in [2.45, 2.75) is 26.8 Å². The summed E-state index contributed by atoms with van der Waals surface area (Å²) in [6, 6.07) is 96.8. The first-order valence-electron chi connectivity index (χ1n) is 26.5. The fourth-order valence-corrected chi connectivity index (χ4v) is 7.64. The Kier molecular flexibility index (Phi) is 36.1. The number of aryl methyl sites for hydroxylation is 2. The summed E-state index contributed by atoms with van der Waals surface area (Å²) in [5, 5.41) is 14.0. The van der Waals surface area contributed by atoms with Crippen molar-refractivity contribution in [2.24, 2.45) is 0 Å². The number of hydrogen-bond acceptors (Lipinski definition) is 9. The van der Waals surface area contributed by atoms with Crippen LogP contribution in [0.4, 0.5) is 13.2 Å². The molecule has 0 aliphatic rings. The molecule has 0 spiro atoms. The van der Waals surface area contributed by atoms with E-state index in [4.69, 9.17) is 23.2 Å². The molecule has 0 atom stereocenters. The Morgan fingerprint density at radius 3 is 0.876 bits per heavy atom. The van der Waals surface area contributed by atoms with Crippen LogP contribution >= 0.6 is 0 Å². The molecular weight excluding hydrogens is 1500 g/mol.